The average molecular weight is 265 g/mol. The minimum atomic E-state index is -0.0323. The zero-order valence-electron chi connectivity index (χ0n) is 12.2. The number of amides is 1. The van der Waals surface area contributed by atoms with Crippen LogP contribution in [0.15, 0.2) is 0 Å². The number of likely N-dealkylation sites (tertiary alicyclic amines) is 1. The number of hydrogen-bond donors (Lipinski definition) is 1. The van der Waals surface area contributed by atoms with Gasteiger partial charge in [-0.3, -0.25) is 9.48 Å². The maximum absolute atomic E-state index is 12.6. The van der Waals surface area contributed by atoms with Crippen LogP contribution in [0.5, 0.6) is 0 Å². The van der Waals surface area contributed by atoms with E-state index in [2.05, 4.69) is 17.0 Å². The van der Waals surface area contributed by atoms with Crippen LogP contribution in [-0.2, 0) is 7.05 Å². The molecule has 1 aromatic heterocycles. The molecule has 0 aliphatic carbocycles. The second-order valence-electron chi connectivity index (χ2n) is 5.42. The van der Waals surface area contributed by atoms with Gasteiger partial charge < -0.3 is 15.5 Å². The fraction of sp³-hybridized carbons (Fsp3) is 0.692. The van der Waals surface area contributed by atoms with Crippen molar-refractivity contribution in [3.05, 3.63) is 11.4 Å². The number of rotatable bonds is 2. The molecule has 0 atom stereocenters. The summed E-state index contributed by atoms with van der Waals surface area (Å²) >= 11 is 0. The molecule has 1 saturated heterocycles. The molecule has 6 nitrogen and oxygen atoms in total. The molecule has 1 aliphatic heterocycles. The van der Waals surface area contributed by atoms with Gasteiger partial charge in [0.2, 0.25) is 0 Å². The van der Waals surface area contributed by atoms with Gasteiger partial charge in [-0.25, -0.2) is 0 Å². The van der Waals surface area contributed by atoms with Gasteiger partial charge >= 0.3 is 0 Å². The lowest BCUT2D eigenvalue weighted by Crippen LogP contribution is -2.45. The molecule has 1 aromatic rings. The van der Waals surface area contributed by atoms with Gasteiger partial charge in [-0.1, -0.05) is 0 Å². The van der Waals surface area contributed by atoms with E-state index in [-0.39, 0.29) is 5.91 Å². The third-order valence-corrected chi connectivity index (χ3v) is 4.03. The van der Waals surface area contributed by atoms with Crippen molar-refractivity contribution in [1.29, 1.82) is 0 Å². The lowest BCUT2D eigenvalue weighted by molar-refractivity contribution is 0.0650. The molecule has 19 heavy (non-hydrogen) atoms. The Hall–Kier alpha value is -1.56. The van der Waals surface area contributed by atoms with Gasteiger partial charge in [-0.2, -0.15) is 5.10 Å². The molecule has 1 amide bonds. The normalized spacial score (nSPS) is 17.7. The van der Waals surface area contributed by atoms with E-state index in [1.807, 2.05) is 18.9 Å². The number of nitrogens with two attached hydrogens (primary N) is 1. The van der Waals surface area contributed by atoms with Crippen LogP contribution in [0.25, 0.3) is 0 Å². The second-order valence-corrected chi connectivity index (χ2v) is 5.42. The summed E-state index contributed by atoms with van der Waals surface area (Å²) in [7, 11) is 5.74. The van der Waals surface area contributed by atoms with Crippen molar-refractivity contribution >= 4 is 11.6 Å². The van der Waals surface area contributed by atoms with Crippen LogP contribution in [0.2, 0.25) is 0 Å². The van der Waals surface area contributed by atoms with Crippen LogP contribution < -0.4 is 5.73 Å². The summed E-state index contributed by atoms with van der Waals surface area (Å²) in [4.78, 5) is 16.7. The van der Waals surface area contributed by atoms with Gasteiger partial charge in [-0.05, 0) is 39.9 Å². The summed E-state index contributed by atoms with van der Waals surface area (Å²) in [5, 5.41) is 4.21. The predicted octanol–water partition coefficient (Wildman–Crippen LogP) is 0.477. The van der Waals surface area contributed by atoms with Crippen molar-refractivity contribution in [1.82, 2.24) is 19.6 Å². The highest BCUT2D eigenvalue weighted by atomic mass is 16.2. The topological polar surface area (TPSA) is 67.4 Å². The Balaban J connectivity index is 2.15. The molecule has 0 unspecified atom stereocenters. The summed E-state index contributed by atoms with van der Waals surface area (Å²) < 4.78 is 1.58. The van der Waals surface area contributed by atoms with E-state index in [9.17, 15) is 4.79 Å². The minimum Gasteiger partial charge on any atom is -0.395 e. The first-order chi connectivity index (χ1) is 8.91. The highest BCUT2D eigenvalue weighted by Crippen LogP contribution is 2.21. The molecular weight excluding hydrogens is 242 g/mol. The summed E-state index contributed by atoms with van der Waals surface area (Å²) in [5.41, 5.74) is 7.66. The highest BCUT2D eigenvalue weighted by molar-refractivity contribution is 5.98. The number of nitrogens with zero attached hydrogens (tertiary/aromatic N) is 4. The zero-order chi connectivity index (χ0) is 14.2. The lowest BCUT2D eigenvalue weighted by atomic mass is 10.0. The number of hydrogen-bond acceptors (Lipinski definition) is 4. The molecule has 1 aliphatic rings. The van der Waals surface area contributed by atoms with Crippen LogP contribution in [0.3, 0.4) is 0 Å². The average Bonchev–Trinajstić information content (AvgIpc) is 2.62. The van der Waals surface area contributed by atoms with Crippen LogP contribution in [0.1, 0.15) is 29.0 Å². The van der Waals surface area contributed by atoms with Gasteiger partial charge in [0.25, 0.3) is 5.91 Å². The van der Waals surface area contributed by atoms with Crippen molar-refractivity contribution in [2.24, 2.45) is 7.05 Å². The van der Waals surface area contributed by atoms with E-state index in [4.69, 9.17) is 5.73 Å². The van der Waals surface area contributed by atoms with Crippen LogP contribution in [0.4, 0.5) is 5.69 Å². The smallest absolute Gasteiger partial charge is 0.274 e. The number of carbonyl (C=O) groups excluding carboxylic acids is 1. The van der Waals surface area contributed by atoms with E-state index in [1.54, 1.807) is 11.7 Å². The van der Waals surface area contributed by atoms with Gasteiger partial charge in [0, 0.05) is 20.1 Å². The first kappa shape index (κ1) is 13.9. The molecule has 2 N–H and O–H groups in total. The Morgan fingerprint density at radius 1 is 1.37 bits per heavy atom. The summed E-state index contributed by atoms with van der Waals surface area (Å²) in [6, 6.07) is 0.290. The van der Waals surface area contributed by atoms with E-state index >= 15 is 0 Å². The largest absolute Gasteiger partial charge is 0.395 e. The molecule has 0 radical (unpaired) electrons. The van der Waals surface area contributed by atoms with Crippen LogP contribution in [-0.4, -0.2) is 58.7 Å². The van der Waals surface area contributed by atoms with Crippen molar-refractivity contribution in [3.8, 4) is 0 Å². The number of nitrogen functional groups attached to an aromatic ring is 1. The Morgan fingerprint density at radius 3 is 2.42 bits per heavy atom. The molecule has 0 aromatic carbocycles. The standard InChI is InChI=1S/C13H23N5O/c1-9-11(14)12(18(4)15-9)13(19)17(3)10-5-7-16(2)8-6-10/h10H,5-8,14H2,1-4H3. The van der Waals surface area contributed by atoms with Crippen molar-refractivity contribution in [2.45, 2.75) is 25.8 Å². The summed E-state index contributed by atoms with van der Waals surface area (Å²) in [6.07, 6.45) is 2.02. The number of anilines is 1. The fourth-order valence-corrected chi connectivity index (χ4v) is 2.64. The molecule has 0 bridgehead atoms. The monoisotopic (exact) mass is 265 g/mol. The Bertz CT molecular complexity index is 474. The maximum Gasteiger partial charge on any atom is 0.274 e. The molecule has 1 fully saturated rings. The fourth-order valence-electron chi connectivity index (χ4n) is 2.64. The SMILES string of the molecule is Cc1nn(C)c(C(=O)N(C)C2CCN(C)CC2)c1N. The number of aryl methyl sites for hydroxylation is 2. The number of piperidine rings is 1. The van der Waals surface area contributed by atoms with Gasteiger partial charge in [-0.15, -0.1) is 0 Å². The van der Waals surface area contributed by atoms with Crippen LogP contribution >= 0.6 is 0 Å². The van der Waals surface area contributed by atoms with Gasteiger partial charge in [0.15, 0.2) is 0 Å². The predicted molar refractivity (Wildman–Crippen MR) is 75.0 cm³/mol. The summed E-state index contributed by atoms with van der Waals surface area (Å²) in [6.45, 7) is 3.88. The van der Waals surface area contributed by atoms with Gasteiger partial charge in [0.05, 0.1) is 11.4 Å². The number of carbonyl (C=O) groups is 1. The first-order valence-corrected chi connectivity index (χ1v) is 6.66. The molecule has 2 rings (SSSR count). The van der Waals surface area contributed by atoms with Gasteiger partial charge in [0.1, 0.15) is 5.69 Å². The summed E-state index contributed by atoms with van der Waals surface area (Å²) in [5.74, 6) is -0.0323. The van der Waals surface area contributed by atoms with Crippen molar-refractivity contribution in [2.75, 3.05) is 32.9 Å². The molecule has 2 heterocycles. The number of aromatic nitrogens is 2. The van der Waals surface area contributed by atoms with Crippen molar-refractivity contribution in [3.63, 3.8) is 0 Å². The zero-order valence-corrected chi connectivity index (χ0v) is 12.2. The van der Waals surface area contributed by atoms with E-state index < -0.39 is 0 Å². The third kappa shape index (κ3) is 2.58. The molecule has 0 saturated carbocycles. The van der Waals surface area contributed by atoms with Crippen molar-refractivity contribution < 1.29 is 4.79 Å². The molecule has 0 spiro atoms. The van der Waals surface area contributed by atoms with E-state index in [1.165, 1.54) is 0 Å². The van der Waals surface area contributed by atoms with E-state index in [0.29, 0.717) is 23.1 Å². The molecule has 106 valence electrons. The molecule has 6 heteroatoms. The van der Waals surface area contributed by atoms with E-state index in [0.717, 1.165) is 25.9 Å². The first-order valence-electron chi connectivity index (χ1n) is 6.66. The Kier molecular flexibility index (Phi) is 3.80. The molecular formula is C13H23N5O. The quantitative estimate of drug-likeness (QED) is 0.844. The Labute approximate surface area is 114 Å². The third-order valence-electron chi connectivity index (χ3n) is 4.03. The lowest BCUT2D eigenvalue weighted by Gasteiger charge is -2.35. The maximum atomic E-state index is 12.6. The minimum absolute atomic E-state index is 0.0323. The second kappa shape index (κ2) is 5.21. The van der Waals surface area contributed by atoms with Crippen LogP contribution in [0, 0.1) is 6.92 Å². The highest BCUT2D eigenvalue weighted by Gasteiger charge is 2.28. The Morgan fingerprint density at radius 2 is 1.95 bits per heavy atom.